The Morgan fingerprint density at radius 3 is 2.65 bits per heavy atom. The number of aromatic amines is 1. The molecule has 2 aliphatic carbocycles. The Morgan fingerprint density at radius 1 is 1.24 bits per heavy atom. The van der Waals surface area contributed by atoms with Crippen molar-refractivity contribution in [2.45, 2.75) is 56.2 Å². The summed E-state index contributed by atoms with van der Waals surface area (Å²) in [6.45, 7) is 2.08. The van der Waals surface area contributed by atoms with E-state index in [2.05, 4.69) is 26.0 Å². The molecule has 0 saturated heterocycles. The summed E-state index contributed by atoms with van der Waals surface area (Å²) in [6, 6.07) is 2.98. The number of aromatic nitrogens is 4. The maximum atomic E-state index is 13.8. The number of rotatable bonds is 6. The van der Waals surface area contributed by atoms with Crippen LogP contribution >= 0.6 is 0 Å². The van der Waals surface area contributed by atoms with Crippen molar-refractivity contribution >= 4 is 17.5 Å². The first-order valence-corrected chi connectivity index (χ1v) is 11.7. The molecule has 1 aromatic carbocycles. The molecule has 2 amide bonds. The second-order valence-corrected chi connectivity index (χ2v) is 10.1. The van der Waals surface area contributed by atoms with Crippen molar-refractivity contribution in [2.24, 2.45) is 5.92 Å². The summed E-state index contributed by atoms with van der Waals surface area (Å²) in [5.41, 5.74) is 0.233. The number of nitrogens with one attached hydrogen (secondary N) is 3. The molecule has 37 heavy (non-hydrogen) atoms. The second kappa shape index (κ2) is 7.88. The minimum Gasteiger partial charge on any atom is -0.377 e. The number of H-pyrrole nitrogens is 1. The molecule has 4 N–H and O–H groups in total. The number of hydrogen-bond acceptors (Lipinski definition) is 5. The fourth-order valence-corrected chi connectivity index (χ4v) is 5.83. The number of fused-ring (bicyclic) bond motifs is 3. The highest BCUT2D eigenvalue weighted by molar-refractivity contribution is 6.07. The van der Waals surface area contributed by atoms with E-state index in [1.807, 2.05) is 0 Å². The van der Waals surface area contributed by atoms with Crippen molar-refractivity contribution in [3.63, 3.8) is 0 Å². The lowest BCUT2D eigenvalue weighted by Crippen LogP contribution is -2.60. The van der Waals surface area contributed by atoms with E-state index in [1.54, 1.807) is 11.5 Å². The Balaban J connectivity index is 1.31. The number of amides is 2. The summed E-state index contributed by atoms with van der Waals surface area (Å²) < 4.78 is 56.4. The number of anilines is 1. The standard InChI is InChI=1S/C24H22F4N6O3/c1-10-17(21(36)30-12-2-3-14(25)15(26)5-12)19-13-4-11(13)7-34(19)18(10)20(35)22(37)31-23(8-24(27,28)9-23)16-6-29-33-32-16/h2-3,5-6,11,13,20,35H,4,7-9H2,1H3,(H,30,36)(H,31,37)(H,29,32,33)/t11-,13-,20?/m0/s1. The molecule has 3 atom stereocenters. The molecule has 13 heteroatoms. The molecule has 3 heterocycles. The van der Waals surface area contributed by atoms with E-state index in [9.17, 15) is 32.3 Å². The van der Waals surface area contributed by atoms with Crippen LogP contribution < -0.4 is 10.6 Å². The summed E-state index contributed by atoms with van der Waals surface area (Å²) in [4.78, 5) is 26.4. The zero-order valence-corrected chi connectivity index (χ0v) is 19.5. The number of benzene rings is 1. The third kappa shape index (κ3) is 3.71. The Hall–Kier alpha value is -3.74. The maximum Gasteiger partial charge on any atom is 0.257 e. The highest BCUT2D eigenvalue weighted by Crippen LogP contribution is 2.57. The van der Waals surface area contributed by atoms with Gasteiger partial charge in [0.05, 0.1) is 28.7 Å². The van der Waals surface area contributed by atoms with Crippen LogP contribution in [0.1, 0.15) is 64.3 Å². The first-order chi connectivity index (χ1) is 17.5. The van der Waals surface area contributed by atoms with E-state index in [4.69, 9.17) is 0 Å². The smallest absolute Gasteiger partial charge is 0.257 e. The van der Waals surface area contributed by atoms with Gasteiger partial charge < -0.3 is 20.3 Å². The number of halogens is 4. The van der Waals surface area contributed by atoms with Gasteiger partial charge in [0.2, 0.25) is 0 Å². The summed E-state index contributed by atoms with van der Waals surface area (Å²) >= 11 is 0. The first-order valence-electron chi connectivity index (χ1n) is 11.7. The van der Waals surface area contributed by atoms with Crippen molar-refractivity contribution in [3.05, 3.63) is 64.2 Å². The average molecular weight is 518 g/mol. The summed E-state index contributed by atoms with van der Waals surface area (Å²) in [5, 5.41) is 25.9. The Labute approximate surface area is 207 Å². The van der Waals surface area contributed by atoms with Crippen LogP contribution in [0.4, 0.5) is 23.2 Å². The lowest BCUT2D eigenvalue weighted by atomic mass is 9.71. The minimum absolute atomic E-state index is 0.0504. The average Bonchev–Trinajstić information content (AvgIpc) is 3.13. The van der Waals surface area contributed by atoms with Gasteiger partial charge in [0.15, 0.2) is 17.7 Å². The van der Waals surface area contributed by atoms with Gasteiger partial charge in [-0.15, -0.1) is 5.10 Å². The van der Waals surface area contributed by atoms with Crippen molar-refractivity contribution in [1.29, 1.82) is 0 Å². The molecule has 0 bridgehead atoms. The third-order valence-corrected chi connectivity index (χ3v) is 7.61. The SMILES string of the molecule is Cc1c(C(=O)Nc2ccc(F)c(F)c2)c2n(c1C(O)C(=O)NC1(c3cnn[nH]3)CC(F)(F)C1)C[C@@H]1C[C@H]21. The summed E-state index contributed by atoms with van der Waals surface area (Å²) in [7, 11) is 0. The zero-order chi connectivity index (χ0) is 26.3. The van der Waals surface area contributed by atoms with Gasteiger partial charge in [0, 0.05) is 42.8 Å². The molecular formula is C24H22F4N6O3. The number of nitrogens with zero attached hydrogens (tertiary/aromatic N) is 3. The van der Waals surface area contributed by atoms with Gasteiger partial charge in [0.25, 0.3) is 17.7 Å². The van der Waals surface area contributed by atoms with Gasteiger partial charge in [-0.2, -0.15) is 0 Å². The fourth-order valence-electron chi connectivity index (χ4n) is 5.83. The van der Waals surface area contributed by atoms with Gasteiger partial charge in [-0.1, -0.05) is 5.21 Å². The van der Waals surface area contributed by atoms with E-state index >= 15 is 0 Å². The molecule has 6 rings (SSSR count). The molecule has 2 saturated carbocycles. The number of hydrogen-bond donors (Lipinski definition) is 4. The molecule has 1 unspecified atom stereocenters. The third-order valence-electron chi connectivity index (χ3n) is 7.61. The number of carbonyl (C=O) groups excluding carboxylic acids is 2. The molecule has 2 aromatic heterocycles. The molecule has 194 valence electrons. The molecule has 9 nitrogen and oxygen atoms in total. The predicted octanol–water partition coefficient (Wildman–Crippen LogP) is 3.04. The molecule has 2 fully saturated rings. The molecule has 3 aliphatic rings. The van der Waals surface area contributed by atoms with Crippen LogP contribution in [0, 0.1) is 24.5 Å². The summed E-state index contributed by atoms with van der Waals surface area (Å²) in [6.07, 6.45) is -1.01. The van der Waals surface area contributed by atoms with Gasteiger partial charge in [-0.05, 0) is 37.0 Å². The van der Waals surface area contributed by atoms with Gasteiger partial charge in [0.1, 0.15) is 0 Å². The predicted molar refractivity (Wildman–Crippen MR) is 120 cm³/mol. The van der Waals surface area contributed by atoms with Gasteiger partial charge in [-0.25, -0.2) is 17.6 Å². The van der Waals surface area contributed by atoms with E-state index in [0.29, 0.717) is 17.8 Å². The van der Waals surface area contributed by atoms with Crippen LogP contribution in [0.15, 0.2) is 24.4 Å². The number of alkyl halides is 2. The zero-order valence-electron chi connectivity index (χ0n) is 19.5. The van der Waals surface area contributed by atoms with Crippen LogP contribution in [0.2, 0.25) is 0 Å². The van der Waals surface area contributed by atoms with Crippen molar-refractivity contribution in [1.82, 2.24) is 25.3 Å². The van der Waals surface area contributed by atoms with Crippen LogP contribution in [-0.4, -0.2) is 42.8 Å². The Bertz CT molecular complexity index is 1430. The quantitative estimate of drug-likeness (QED) is 0.374. The molecular weight excluding hydrogens is 496 g/mol. The van der Waals surface area contributed by atoms with Crippen molar-refractivity contribution in [2.75, 3.05) is 5.32 Å². The van der Waals surface area contributed by atoms with E-state index in [0.717, 1.165) is 18.6 Å². The van der Waals surface area contributed by atoms with Crippen LogP contribution in [0.25, 0.3) is 0 Å². The van der Waals surface area contributed by atoms with Crippen LogP contribution in [0.3, 0.4) is 0 Å². The van der Waals surface area contributed by atoms with E-state index in [-0.39, 0.29) is 34.5 Å². The largest absolute Gasteiger partial charge is 0.377 e. The van der Waals surface area contributed by atoms with Crippen LogP contribution in [-0.2, 0) is 16.9 Å². The van der Waals surface area contributed by atoms with Gasteiger partial charge >= 0.3 is 0 Å². The molecule has 0 radical (unpaired) electrons. The van der Waals surface area contributed by atoms with Gasteiger partial charge in [-0.3, -0.25) is 14.7 Å². The molecule has 0 spiro atoms. The monoisotopic (exact) mass is 518 g/mol. The van der Waals surface area contributed by atoms with Crippen molar-refractivity contribution < 1.29 is 32.3 Å². The summed E-state index contributed by atoms with van der Waals surface area (Å²) in [5.74, 6) is -6.33. The minimum atomic E-state index is -3.00. The highest BCUT2D eigenvalue weighted by atomic mass is 19.3. The van der Waals surface area contributed by atoms with E-state index < -0.39 is 53.9 Å². The van der Waals surface area contributed by atoms with E-state index in [1.165, 1.54) is 12.3 Å². The normalized spacial score (nSPS) is 23.0. The second-order valence-electron chi connectivity index (χ2n) is 10.1. The van der Waals surface area contributed by atoms with Crippen LogP contribution in [0.5, 0.6) is 0 Å². The fraction of sp³-hybridized carbons (Fsp3) is 0.417. The maximum absolute atomic E-state index is 13.8. The Kier molecular flexibility index (Phi) is 5.03. The van der Waals surface area contributed by atoms with Crippen molar-refractivity contribution in [3.8, 4) is 0 Å². The number of aliphatic hydroxyl groups is 1. The lowest BCUT2D eigenvalue weighted by Gasteiger charge is -2.46. The molecule has 1 aliphatic heterocycles. The Morgan fingerprint density at radius 2 is 2.00 bits per heavy atom. The first kappa shape index (κ1) is 23.6. The highest BCUT2D eigenvalue weighted by Gasteiger charge is 2.60. The molecule has 3 aromatic rings. The lowest BCUT2D eigenvalue weighted by molar-refractivity contribution is -0.156. The number of carbonyl (C=O) groups is 2. The topological polar surface area (TPSA) is 125 Å². The number of aliphatic hydroxyl groups excluding tert-OH is 1.